The number of nitrogens with two attached hydrogens (primary N) is 1. The van der Waals surface area contributed by atoms with Gasteiger partial charge in [-0.1, -0.05) is 17.7 Å². The van der Waals surface area contributed by atoms with Crippen molar-refractivity contribution in [2.45, 2.75) is 13.8 Å². The van der Waals surface area contributed by atoms with Gasteiger partial charge in [-0.15, -0.1) is 5.10 Å². The molecule has 0 atom stereocenters. The fourth-order valence-electron chi connectivity index (χ4n) is 1.55. The third-order valence-electron chi connectivity index (χ3n) is 2.58. The second-order valence-electron chi connectivity index (χ2n) is 4.20. The van der Waals surface area contributed by atoms with Crippen LogP contribution in [0.5, 0.6) is 0 Å². The molecule has 24 heavy (non-hydrogen) atoms. The highest BCUT2D eigenvalue weighted by molar-refractivity contribution is 6.33. The van der Waals surface area contributed by atoms with Crippen molar-refractivity contribution in [3.05, 3.63) is 46.1 Å². The third kappa shape index (κ3) is 5.24. The summed E-state index contributed by atoms with van der Waals surface area (Å²) in [5.41, 5.74) is 5.16. The van der Waals surface area contributed by atoms with E-state index in [4.69, 9.17) is 26.8 Å². The Hall–Kier alpha value is -2.61. The van der Waals surface area contributed by atoms with E-state index in [2.05, 4.69) is 10.2 Å². The summed E-state index contributed by atoms with van der Waals surface area (Å²) in [7, 11) is 0. The van der Waals surface area contributed by atoms with Crippen LogP contribution in [0.3, 0.4) is 0 Å². The lowest BCUT2D eigenvalue weighted by Crippen LogP contribution is -2.25. The summed E-state index contributed by atoms with van der Waals surface area (Å²) in [6.07, 6.45) is 1.03. The van der Waals surface area contributed by atoms with Crippen molar-refractivity contribution in [3.8, 4) is 0 Å². The molecular weight excluding hydrogens is 341 g/mol. The van der Waals surface area contributed by atoms with Gasteiger partial charge in [0.1, 0.15) is 5.82 Å². The Bertz CT molecular complexity index is 669. The maximum atomic E-state index is 13.6. The lowest BCUT2D eigenvalue weighted by molar-refractivity contribution is -0.138. The molecule has 0 unspecified atom stereocenters. The molecule has 0 aliphatic heterocycles. The molecule has 0 aliphatic carbocycles. The normalized spacial score (nSPS) is 12.9. The number of halogens is 2. The fourth-order valence-corrected chi connectivity index (χ4v) is 1.76. The highest BCUT2D eigenvalue weighted by Crippen LogP contribution is 2.16. The molecule has 7 nitrogen and oxygen atoms in total. The molecule has 0 spiro atoms. The smallest absolute Gasteiger partial charge is 0.349 e. The van der Waals surface area contributed by atoms with E-state index in [0.717, 1.165) is 6.21 Å². The van der Waals surface area contributed by atoms with Crippen LogP contribution in [0, 0.1) is 5.82 Å². The summed E-state index contributed by atoms with van der Waals surface area (Å²) >= 11 is 5.84. The number of hydrogen-bond acceptors (Lipinski definition) is 6. The predicted octanol–water partition coefficient (Wildman–Crippen LogP) is 2.54. The van der Waals surface area contributed by atoms with Crippen molar-refractivity contribution in [1.29, 1.82) is 0 Å². The molecular formula is C15H17ClFN3O4. The zero-order valence-electron chi connectivity index (χ0n) is 13.1. The largest absolute Gasteiger partial charge is 0.480 e. The number of carbonyl (C=O) groups excluding carboxylic acids is 1. The van der Waals surface area contributed by atoms with Gasteiger partial charge in [-0.2, -0.15) is 5.10 Å². The van der Waals surface area contributed by atoms with Crippen LogP contribution in [0.25, 0.3) is 0 Å². The molecule has 0 bridgehead atoms. The topological polar surface area (TPSA) is 106 Å². The zero-order chi connectivity index (χ0) is 18.1. The van der Waals surface area contributed by atoms with Crippen LogP contribution >= 0.6 is 11.6 Å². The van der Waals surface area contributed by atoms with Gasteiger partial charge in [0.25, 0.3) is 5.95 Å². The number of esters is 1. The second kappa shape index (κ2) is 9.51. The first kappa shape index (κ1) is 19.4. The average Bonchev–Trinajstić information content (AvgIpc) is 2.51. The molecule has 0 aliphatic rings. The Morgan fingerprint density at radius 3 is 2.62 bits per heavy atom. The van der Waals surface area contributed by atoms with Crippen LogP contribution in [0.2, 0.25) is 5.02 Å². The molecule has 130 valence electrons. The Balaban J connectivity index is 3.12. The molecule has 0 aromatic heterocycles. The molecule has 0 fully saturated rings. The van der Waals surface area contributed by atoms with E-state index in [1.54, 1.807) is 13.8 Å². The Morgan fingerprint density at radius 1 is 1.38 bits per heavy atom. The van der Waals surface area contributed by atoms with Crippen molar-refractivity contribution in [1.82, 2.24) is 0 Å². The van der Waals surface area contributed by atoms with Crippen LogP contribution in [0.1, 0.15) is 19.4 Å². The summed E-state index contributed by atoms with van der Waals surface area (Å²) in [5, 5.41) is 17.0. The Kier molecular flexibility index (Phi) is 7.70. The van der Waals surface area contributed by atoms with Gasteiger partial charge in [-0.3, -0.25) is 0 Å². The maximum absolute atomic E-state index is 13.6. The van der Waals surface area contributed by atoms with Crippen molar-refractivity contribution in [3.63, 3.8) is 0 Å². The molecule has 0 radical (unpaired) electrons. The highest BCUT2D eigenvalue weighted by atomic mass is 35.5. The molecule has 1 aromatic rings. The minimum absolute atomic E-state index is 0.00594. The van der Waals surface area contributed by atoms with Gasteiger partial charge in [0.2, 0.25) is 0 Å². The Labute approximate surface area is 143 Å². The minimum Gasteiger partial charge on any atom is -0.480 e. The molecule has 0 heterocycles. The van der Waals surface area contributed by atoms with Crippen molar-refractivity contribution in [2.24, 2.45) is 15.9 Å². The van der Waals surface area contributed by atoms with Crippen molar-refractivity contribution < 1.29 is 23.8 Å². The molecule has 0 saturated carbocycles. The number of amidine groups is 1. The summed E-state index contributed by atoms with van der Waals surface area (Å²) in [4.78, 5) is 11.8. The summed E-state index contributed by atoms with van der Waals surface area (Å²) in [6, 6.07) is 4.11. The van der Waals surface area contributed by atoms with Gasteiger partial charge in [0, 0.05) is 5.56 Å². The molecule has 0 saturated heterocycles. The van der Waals surface area contributed by atoms with Crippen LogP contribution in [0.4, 0.5) is 4.39 Å². The first-order valence-electron chi connectivity index (χ1n) is 6.96. The quantitative estimate of drug-likeness (QED) is 0.195. The van der Waals surface area contributed by atoms with Gasteiger partial charge < -0.3 is 20.3 Å². The molecule has 0 amide bonds. The lowest BCUT2D eigenvalue weighted by atomic mass is 10.2. The standard InChI is InChI=1S/C15H17ClFN3O4/c1-3-23-14(21)12(15(22)24-4-2)13(18)20-19-8-9-10(16)6-5-7-11(9)17/h5-8,21H,3-4H2,1-2H3,(H2,18,20)/b14-12-,19-8-. The van der Waals surface area contributed by atoms with E-state index in [1.807, 2.05) is 0 Å². The average molecular weight is 358 g/mol. The van der Waals surface area contributed by atoms with Crippen LogP contribution < -0.4 is 5.73 Å². The van der Waals surface area contributed by atoms with E-state index in [-0.39, 0.29) is 23.8 Å². The second-order valence-corrected chi connectivity index (χ2v) is 4.61. The molecule has 1 rings (SSSR count). The van der Waals surface area contributed by atoms with Gasteiger partial charge in [0.05, 0.1) is 24.5 Å². The first-order valence-corrected chi connectivity index (χ1v) is 7.34. The first-order chi connectivity index (χ1) is 11.4. The molecule has 3 N–H and O–H groups in total. The fraction of sp³-hybridized carbons (Fsp3) is 0.267. The number of rotatable bonds is 7. The number of benzene rings is 1. The number of aliphatic hydroxyl groups excluding tert-OH is 1. The molecule has 1 aromatic carbocycles. The van der Waals surface area contributed by atoms with E-state index in [1.165, 1.54) is 18.2 Å². The van der Waals surface area contributed by atoms with Crippen molar-refractivity contribution >= 4 is 29.6 Å². The van der Waals surface area contributed by atoms with E-state index >= 15 is 0 Å². The lowest BCUT2D eigenvalue weighted by Gasteiger charge is -2.08. The number of aliphatic hydroxyl groups is 1. The number of carbonyl (C=O) groups is 1. The van der Waals surface area contributed by atoms with Gasteiger partial charge in [0.15, 0.2) is 11.4 Å². The molecule has 9 heteroatoms. The van der Waals surface area contributed by atoms with Crippen LogP contribution in [-0.2, 0) is 14.3 Å². The van der Waals surface area contributed by atoms with E-state index < -0.39 is 29.1 Å². The zero-order valence-corrected chi connectivity index (χ0v) is 13.9. The number of hydrogen-bond donors (Lipinski definition) is 2. The number of ether oxygens (including phenoxy) is 2. The number of nitrogens with zero attached hydrogens (tertiary/aromatic N) is 2. The Morgan fingerprint density at radius 2 is 2.04 bits per heavy atom. The monoisotopic (exact) mass is 357 g/mol. The summed E-state index contributed by atoms with van der Waals surface area (Å²) in [6.45, 7) is 3.34. The highest BCUT2D eigenvalue weighted by Gasteiger charge is 2.22. The summed E-state index contributed by atoms with van der Waals surface area (Å²) in [5.74, 6) is -2.72. The van der Waals surface area contributed by atoms with Gasteiger partial charge in [-0.05, 0) is 26.0 Å². The van der Waals surface area contributed by atoms with Gasteiger partial charge in [-0.25, -0.2) is 9.18 Å². The van der Waals surface area contributed by atoms with Crippen LogP contribution in [0.15, 0.2) is 39.9 Å². The minimum atomic E-state index is -0.927. The van der Waals surface area contributed by atoms with E-state index in [0.29, 0.717) is 0 Å². The maximum Gasteiger partial charge on any atom is 0.349 e. The van der Waals surface area contributed by atoms with E-state index in [9.17, 15) is 14.3 Å². The predicted molar refractivity (Wildman–Crippen MR) is 88.5 cm³/mol. The van der Waals surface area contributed by atoms with Crippen molar-refractivity contribution in [2.75, 3.05) is 13.2 Å². The van der Waals surface area contributed by atoms with Crippen LogP contribution in [-0.4, -0.2) is 36.3 Å². The third-order valence-corrected chi connectivity index (χ3v) is 2.91. The SMILES string of the molecule is CCOC(=O)C(=C(/O)OCC)/C(N)=N\N=C/c1c(F)cccc1Cl. The van der Waals surface area contributed by atoms with Gasteiger partial charge >= 0.3 is 5.97 Å². The summed E-state index contributed by atoms with van der Waals surface area (Å²) < 4.78 is 23.2.